The normalized spacial score (nSPS) is 11.0. The summed E-state index contributed by atoms with van der Waals surface area (Å²) in [5, 5.41) is 2.71. The molecule has 29 heavy (non-hydrogen) atoms. The number of amides is 1. The van der Waals surface area contributed by atoms with Gasteiger partial charge in [-0.1, -0.05) is 18.2 Å². The number of hydrogen-bond acceptors (Lipinski definition) is 5. The zero-order valence-electron chi connectivity index (χ0n) is 15.4. The van der Waals surface area contributed by atoms with Gasteiger partial charge in [-0.2, -0.15) is 0 Å². The summed E-state index contributed by atoms with van der Waals surface area (Å²) in [7, 11) is -2.92. The monoisotopic (exact) mass is 415 g/mol. The topological polar surface area (TPSA) is 97.4 Å². The van der Waals surface area contributed by atoms with Crippen LogP contribution in [0.3, 0.4) is 0 Å². The van der Waals surface area contributed by atoms with E-state index in [4.69, 9.17) is 4.74 Å². The molecule has 1 amide bonds. The molecule has 0 saturated carbocycles. The maximum Gasteiger partial charge on any atom is 0.265 e. The molecule has 150 valence electrons. The SMILES string of the molecule is COc1ccc(F)cc1S(=O)(=O)Nc1ccccc1C(=O)NCc1cccnc1. The van der Waals surface area contributed by atoms with Gasteiger partial charge in [-0.3, -0.25) is 14.5 Å². The molecule has 0 fully saturated rings. The molecular formula is C20H18FN3O4S. The fourth-order valence-corrected chi connectivity index (χ4v) is 3.87. The maximum atomic E-state index is 13.6. The van der Waals surface area contributed by atoms with Gasteiger partial charge >= 0.3 is 0 Å². The Morgan fingerprint density at radius 2 is 1.93 bits per heavy atom. The van der Waals surface area contributed by atoms with Crippen molar-refractivity contribution in [3.63, 3.8) is 0 Å². The van der Waals surface area contributed by atoms with Crippen molar-refractivity contribution in [2.75, 3.05) is 11.8 Å². The van der Waals surface area contributed by atoms with E-state index in [1.54, 1.807) is 36.7 Å². The van der Waals surface area contributed by atoms with Crippen LogP contribution in [0, 0.1) is 5.82 Å². The molecule has 0 atom stereocenters. The summed E-state index contributed by atoms with van der Waals surface area (Å²) >= 11 is 0. The lowest BCUT2D eigenvalue weighted by atomic mass is 10.1. The summed E-state index contributed by atoms with van der Waals surface area (Å²) < 4.78 is 46.5. The standard InChI is InChI=1S/C20H18FN3O4S/c1-28-18-9-8-15(21)11-19(18)29(26,27)24-17-7-3-2-6-16(17)20(25)23-13-14-5-4-10-22-12-14/h2-12,24H,13H2,1H3,(H,23,25). The quantitative estimate of drug-likeness (QED) is 0.618. The van der Waals surface area contributed by atoms with E-state index >= 15 is 0 Å². The molecule has 0 aliphatic rings. The second kappa shape index (κ2) is 8.70. The predicted octanol–water partition coefficient (Wildman–Crippen LogP) is 2.96. The van der Waals surface area contributed by atoms with Gasteiger partial charge < -0.3 is 10.1 Å². The lowest BCUT2D eigenvalue weighted by molar-refractivity contribution is 0.0952. The van der Waals surface area contributed by atoms with E-state index in [0.29, 0.717) is 0 Å². The van der Waals surface area contributed by atoms with Crippen LogP contribution < -0.4 is 14.8 Å². The smallest absolute Gasteiger partial charge is 0.265 e. The first-order valence-electron chi connectivity index (χ1n) is 8.53. The van der Waals surface area contributed by atoms with Gasteiger partial charge in [0.05, 0.1) is 18.4 Å². The number of rotatable bonds is 7. The molecule has 3 aromatic rings. The molecule has 0 saturated heterocycles. The van der Waals surface area contributed by atoms with Crippen LogP contribution in [0.1, 0.15) is 15.9 Å². The molecule has 2 N–H and O–H groups in total. The van der Waals surface area contributed by atoms with Crippen LogP contribution in [0.5, 0.6) is 5.75 Å². The van der Waals surface area contributed by atoms with E-state index in [1.165, 1.54) is 25.3 Å². The number of sulfonamides is 1. The zero-order chi connectivity index (χ0) is 20.9. The van der Waals surface area contributed by atoms with Crippen LogP contribution in [0.15, 0.2) is 71.9 Å². The second-order valence-corrected chi connectivity index (χ2v) is 7.64. The number of halogens is 1. The van der Waals surface area contributed by atoms with Crippen LogP contribution in [0.25, 0.3) is 0 Å². The summed E-state index contributed by atoms with van der Waals surface area (Å²) in [5.74, 6) is -1.22. The number of ether oxygens (including phenoxy) is 1. The highest BCUT2D eigenvalue weighted by Gasteiger charge is 2.23. The third-order valence-corrected chi connectivity index (χ3v) is 5.39. The summed E-state index contributed by atoms with van der Waals surface area (Å²) in [5.41, 5.74) is 0.973. The summed E-state index contributed by atoms with van der Waals surface area (Å²) in [6.45, 7) is 0.228. The molecule has 0 unspecified atom stereocenters. The minimum Gasteiger partial charge on any atom is -0.495 e. The van der Waals surface area contributed by atoms with E-state index in [-0.39, 0.29) is 28.4 Å². The van der Waals surface area contributed by atoms with Gasteiger partial charge in [-0.15, -0.1) is 0 Å². The molecule has 0 aliphatic heterocycles. The van der Waals surface area contributed by atoms with Gasteiger partial charge in [-0.05, 0) is 42.0 Å². The third kappa shape index (κ3) is 4.88. The number of carbonyl (C=O) groups is 1. The molecule has 7 nitrogen and oxygen atoms in total. The number of carbonyl (C=O) groups excluding carboxylic acids is 1. The largest absolute Gasteiger partial charge is 0.495 e. The van der Waals surface area contributed by atoms with E-state index in [2.05, 4.69) is 15.0 Å². The van der Waals surface area contributed by atoms with E-state index in [9.17, 15) is 17.6 Å². The van der Waals surface area contributed by atoms with Gasteiger partial charge in [0.1, 0.15) is 16.5 Å². The van der Waals surface area contributed by atoms with Crippen LogP contribution in [0.4, 0.5) is 10.1 Å². The summed E-state index contributed by atoms with van der Waals surface area (Å²) in [6, 6.07) is 12.8. The van der Waals surface area contributed by atoms with Crippen LogP contribution in [-0.4, -0.2) is 26.4 Å². The Labute approximate surface area is 167 Å². The van der Waals surface area contributed by atoms with Crippen molar-refractivity contribution in [3.05, 3.63) is 83.9 Å². The number of pyridine rings is 1. The number of benzene rings is 2. The van der Waals surface area contributed by atoms with Gasteiger partial charge in [0.2, 0.25) is 0 Å². The molecule has 2 aromatic carbocycles. The minimum absolute atomic E-state index is 0.0163. The average molecular weight is 415 g/mol. The molecule has 0 bridgehead atoms. The van der Waals surface area contributed by atoms with E-state index in [0.717, 1.165) is 17.7 Å². The molecule has 0 radical (unpaired) electrons. The number of nitrogens with zero attached hydrogens (tertiary/aromatic N) is 1. The first-order chi connectivity index (χ1) is 13.9. The molecule has 0 aliphatic carbocycles. The fourth-order valence-electron chi connectivity index (χ4n) is 2.61. The first kappa shape index (κ1) is 20.3. The number of aromatic nitrogens is 1. The predicted molar refractivity (Wildman–Crippen MR) is 106 cm³/mol. The minimum atomic E-state index is -4.21. The van der Waals surface area contributed by atoms with Crippen molar-refractivity contribution in [1.82, 2.24) is 10.3 Å². The first-order valence-corrected chi connectivity index (χ1v) is 10.0. The molecule has 9 heteroatoms. The van der Waals surface area contributed by atoms with Crippen molar-refractivity contribution >= 4 is 21.6 Å². The van der Waals surface area contributed by atoms with E-state index in [1.807, 2.05) is 0 Å². The third-order valence-electron chi connectivity index (χ3n) is 4.01. The Morgan fingerprint density at radius 1 is 1.14 bits per heavy atom. The lowest BCUT2D eigenvalue weighted by Crippen LogP contribution is -2.25. The Balaban J connectivity index is 1.85. The van der Waals surface area contributed by atoms with Crippen molar-refractivity contribution in [3.8, 4) is 5.75 Å². The zero-order valence-corrected chi connectivity index (χ0v) is 16.2. The number of anilines is 1. The summed E-state index contributed by atoms with van der Waals surface area (Å²) in [6.07, 6.45) is 3.24. The highest BCUT2D eigenvalue weighted by atomic mass is 32.2. The van der Waals surface area contributed by atoms with Gasteiger partial charge in [0.15, 0.2) is 0 Å². The number of hydrogen-bond donors (Lipinski definition) is 2. The highest BCUT2D eigenvalue weighted by Crippen LogP contribution is 2.27. The van der Waals surface area contributed by atoms with E-state index < -0.39 is 21.7 Å². The van der Waals surface area contributed by atoms with Crippen molar-refractivity contribution in [1.29, 1.82) is 0 Å². The highest BCUT2D eigenvalue weighted by molar-refractivity contribution is 7.92. The Bertz CT molecular complexity index is 1120. The number of methoxy groups -OCH3 is 1. The van der Waals surface area contributed by atoms with Crippen LogP contribution >= 0.6 is 0 Å². The van der Waals surface area contributed by atoms with Gasteiger partial charge in [-0.25, -0.2) is 12.8 Å². The molecule has 0 spiro atoms. The van der Waals surface area contributed by atoms with Gasteiger partial charge in [0, 0.05) is 18.9 Å². The molecule has 1 heterocycles. The fraction of sp³-hybridized carbons (Fsp3) is 0.100. The number of nitrogens with one attached hydrogen (secondary N) is 2. The lowest BCUT2D eigenvalue weighted by Gasteiger charge is -2.14. The molecule has 3 rings (SSSR count). The Hall–Kier alpha value is -3.46. The van der Waals surface area contributed by atoms with Crippen molar-refractivity contribution < 1.29 is 22.3 Å². The number of para-hydroxylation sites is 1. The second-order valence-electron chi connectivity index (χ2n) is 5.99. The van der Waals surface area contributed by atoms with Crippen LogP contribution in [-0.2, 0) is 16.6 Å². The summed E-state index contributed by atoms with van der Waals surface area (Å²) in [4.78, 5) is 16.2. The van der Waals surface area contributed by atoms with Crippen molar-refractivity contribution in [2.24, 2.45) is 0 Å². The van der Waals surface area contributed by atoms with Crippen molar-refractivity contribution in [2.45, 2.75) is 11.4 Å². The Kier molecular flexibility index (Phi) is 6.08. The molecular weight excluding hydrogens is 397 g/mol. The van der Waals surface area contributed by atoms with Crippen LogP contribution in [0.2, 0.25) is 0 Å². The maximum absolute atomic E-state index is 13.6. The Morgan fingerprint density at radius 3 is 2.66 bits per heavy atom. The average Bonchev–Trinajstić information content (AvgIpc) is 2.73. The molecule has 1 aromatic heterocycles. The van der Waals surface area contributed by atoms with Gasteiger partial charge in [0.25, 0.3) is 15.9 Å².